The van der Waals surface area contributed by atoms with E-state index in [1.807, 2.05) is 0 Å². The first-order valence-electron chi connectivity index (χ1n) is 4.96. The molecule has 0 radical (unpaired) electrons. The average molecular weight is 252 g/mol. The Labute approximate surface area is 103 Å². The molecule has 2 N–H and O–H groups in total. The lowest BCUT2D eigenvalue weighted by atomic mass is 9.96. The van der Waals surface area contributed by atoms with E-state index in [2.05, 4.69) is 15.6 Å². The highest BCUT2D eigenvalue weighted by molar-refractivity contribution is 6.32. The summed E-state index contributed by atoms with van der Waals surface area (Å²) < 4.78 is 0. The highest BCUT2D eigenvalue weighted by Gasteiger charge is 2.35. The van der Waals surface area contributed by atoms with E-state index in [1.165, 1.54) is 7.05 Å². The zero-order valence-corrected chi connectivity index (χ0v) is 9.78. The summed E-state index contributed by atoms with van der Waals surface area (Å²) in [5, 5.41) is 5.37. The first-order valence-corrected chi connectivity index (χ1v) is 5.34. The second kappa shape index (κ2) is 4.55. The third-order valence-corrected chi connectivity index (χ3v) is 2.79. The minimum Gasteiger partial charge on any atom is -0.295 e. The number of amides is 2. The maximum atomic E-state index is 11.8. The van der Waals surface area contributed by atoms with Crippen molar-refractivity contribution in [3.8, 4) is 0 Å². The van der Waals surface area contributed by atoms with Gasteiger partial charge in [-0.25, -0.2) is 0 Å². The molecule has 1 aliphatic rings. The fourth-order valence-corrected chi connectivity index (χ4v) is 1.88. The molecule has 1 fully saturated rings. The molecule has 17 heavy (non-hydrogen) atoms. The Morgan fingerprint density at radius 3 is 2.29 bits per heavy atom. The molecule has 2 rings (SSSR count). The number of carbonyl (C=O) groups excluding carboxylic acids is 2. The average Bonchev–Trinajstić information content (AvgIpc) is 2.30. The zero-order chi connectivity index (χ0) is 12.4. The molecule has 1 aliphatic heterocycles. The molecule has 5 nitrogen and oxygen atoms in total. The first-order chi connectivity index (χ1) is 8.13. The summed E-state index contributed by atoms with van der Waals surface area (Å²) >= 11 is 5.97. The Morgan fingerprint density at radius 1 is 1.18 bits per heavy atom. The summed E-state index contributed by atoms with van der Waals surface area (Å²) in [6.07, 6.45) is 0. The number of rotatable bonds is 1. The molecule has 1 aromatic carbocycles. The Bertz CT molecular complexity index is 493. The van der Waals surface area contributed by atoms with Crippen molar-refractivity contribution in [1.29, 1.82) is 0 Å². The molecule has 0 aliphatic carbocycles. The van der Waals surface area contributed by atoms with Crippen molar-refractivity contribution in [2.24, 2.45) is 4.99 Å². The number of guanidine groups is 1. The van der Waals surface area contributed by atoms with Crippen LogP contribution in [0.1, 0.15) is 11.5 Å². The van der Waals surface area contributed by atoms with E-state index in [0.29, 0.717) is 10.6 Å². The van der Waals surface area contributed by atoms with Gasteiger partial charge in [0, 0.05) is 12.1 Å². The fraction of sp³-hybridized carbons (Fsp3) is 0.182. The lowest BCUT2D eigenvalue weighted by molar-refractivity contribution is -0.131. The maximum Gasteiger partial charge on any atom is 0.243 e. The van der Waals surface area contributed by atoms with Gasteiger partial charge in [-0.3, -0.25) is 25.2 Å². The Morgan fingerprint density at radius 2 is 1.76 bits per heavy atom. The van der Waals surface area contributed by atoms with E-state index in [0.717, 1.165) is 0 Å². The van der Waals surface area contributed by atoms with Crippen LogP contribution in [0.25, 0.3) is 0 Å². The van der Waals surface area contributed by atoms with Gasteiger partial charge in [-0.05, 0) is 11.6 Å². The fourth-order valence-electron chi connectivity index (χ4n) is 1.63. The van der Waals surface area contributed by atoms with Gasteiger partial charge in [0.1, 0.15) is 5.92 Å². The number of halogens is 1. The summed E-state index contributed by atoms with van der Waals surface area (Å²) in [4.78, 5) is 27.3. The third kappa shape index (κ3) is 2.14. The quantitative estimate of drug-likeness (QED) is 0.720. The molecule has 0 unspecified atom stereocenters. The molecule has 1 aromatic rings. The molecule has 2 amide bonds. The SMILES string of the molecule is CN=C1NC(=O)C(c2ccccc2Cl)C(=O)N1. The Balaban J connectivity index is 2.37. The minimum absolute atomic E-state index is 0.156. The number of nitrogens with one attached hydrogen (secondary N) is 2. The monoisotopic (exact) mass is 251 g/mol. The number of carbonyl (C=O) groups is 2. The van der Waals surface area contributed by atoms with Crippen LogP contribution in [0.5, 0.6) is 0 Å². The normalized spacial score (nSPS) is 19.6. The summed E-state index contributed by atoms with van der Waals surface area (Å²) in [5.41, 5.74) is 0.485. The molecule has 1 heterocycles. The van der Waals surface area contributed by atoms with Crippen molar-refractivity contribution in [3.05, 3.63) is 34.9 Å². The van der Waals surface area contributed by atoms with Crippen molar-refractivity contribution in [1.82, 2.24) is 10.6 Å². The van der Waals surface area contributed by atoms with Crippen molar-refractivity contribution < 1.29 is 9.59 Å². The van der Waals surface area contributed by atoms with Crippen LogP contribution in [0.3, 0.4) is 0 Å². The van der Waals surface area contributed by atoms with Gasteiger partial charge in [0.25, 0.3) is 0 Å². The molecule has 6 heteroatoms. The van der Waals surface area contributed by atoms with Crippen LogP contribution in [-0.2, 0) is 9.59 Å². The van der Waals surface area contributed by atoms with Gasteiger partial charge < -0.3 is 0 Å². The van der Waals surface area contributed by atoms with Crippen LogP contribution >= 0.6 is 11.6 Å². The van der Waals surface area contributed by atoms with E-state index in [4.69, 9.17) is 11.6 Å². The maximum absolute atomic E-state index is 11.8. The van der Waals surface area contributed by atoms with E-state index >= 15 is 0 Å². The van der Waals surface area contributed by atoms with Gasteiger partial charge in [0.2, 0.25) is 17.8 Å². The highest BCUT2D eigenvalue weighted by Crippen LogP contribution is 2.25. The zero-order valence-electron chi connectivity index (χ0n) is 9.03. The predicted octanol–water partition coefficient (Wildman–Crippen LogP) is 0.655. The largest absolute Gasteiger partial charge is 0.295 e. The van der Waals surface area contributed by atoms with Crippen LogP contribution in [0.15, 0.2) is 29.3 Å². The van der Waals surface area contributed by atoms with Gasteiger partial charge in [-0.15, -0.1) is 0 Å². The number of nitrogens with zero attached hydrogens (tertiary/aromatic N) is 1. The topological polar surface area (TPSA) is 70.6 Å². The molecule has 1 saturated heterocycles. The van der Waals surface area contributed by atoms with Gasteiger partial charge in [-0.1, -0.05) is 29.8 Å². The molecule has 0 atom stereocenters. The lowest BCUT2D eigenvalue weighted by Crippen LogP contribution is -2.55. The first kappa shape index (κ1) is 11.6. The number of hydrogen-bond acceptors (Lipinski definition) is 3. The van der Waals surface area contributed by atoms with Gasteiger partial charge >= 0.3 is 0 Å². The van der Waals surface area contributed by atoms with Crippen LogP contribution in [0.4, 0.5) is 0 Å². The number of benzene rings is 1. The van der Waals surface area contributed by atoms with Gasteiger partial charge in [0.05, 0.1) is 0 Å². The predicted molar refractivity (Wildman–Crippen MR) is 63.8 cm³/mol. The van der Waals surface area contributed by atoms with Crippen LogP contribution in [0.2, 0.25) is 5.02 Å². The molecule has 0 bridgehead atoms. The van der Waals surface area contributed by atoms with E-state index < -0.39 is 17.7 Å². The third-order valence-electron chi connectivity index (χ3n) is 2.45. The Kier molecular flexibility index (Phi) is 3.10. The molecule has 0 saturated carbocycles. The molecule has 0 spiro atoms. The Hall–Kier alpha value is -1.88. The lowest BCUT2D eigenvalue weighted by Gasteiger charge is -2.23. The second-order valence-corrected chi connectivity index (χ2v) is 3.91. The summed E-state index contributed by atoms with van der Waals surface area (Å²) in [5.74, 6) is -1.64. The molecule has 88 valence electrons. The van der Waals surface area contributed by atoms with Crippen LogP contribution in [-0.4, -0.2) is 24.8 Å². The number of aliphatic imine (C=N–C) groups is 1. The molecule has 0 aromatic heterocycles. The smallest absolute Gasteiger partial charge is 0.243 e. The van der Waals surface area contributed by atoms with E-state index in [9.17, 15) is 9.59 Å². The minimum atomic E-state index is -0.936. The van der Waals surface area contributed by atoms with E-state index in [-0.39, 0.29) is 5.96 Å². The molecular formula is C11H10ClN3O2. The van der Waals surface area contributed by atoms with Gasteiger partial charge in [0.15, 0.2) is 0 Å². The van der Waals surface area contributed by atoms with Crippen molar-refractivity contribution in [2.45, 2.75) is 5.92 Å². The van der Waals surface area contributed by atoms with Crippen LogP contribution < -0.4 is 10.6 Å². The van der Waals surface area contributed by atoms with Crippen molar-refractivity contribution in [3.63, 3.8) is 0 Å². The van der Waals surface area contributed by atoms with Crippen molar-refractivity contribution >= 4 is 29.4 Å². The summed E-state index contributed by atoms with van der Waals surface area (Å²) in [7, 11) is 1.48. The highest BCUT2D eigenvalue weighted by atomic mass is 35.5. The van der Waals surface area contributed by atoms with Gasteiger partial charge in [-0.2, -0.15) is 0 Å². The summed E-state index contributed by atoms with van der Waals surface area (Å²) in [6.45, 7) is 0. The summed E-state index contributed by atoms with van der Waals surface area (Å²) in [6, 6.07) is 6.76. The second-order valence-electron chi connectivity index (χ2n) is 3.51. The van der Waals surface area contributed by atoms with Crippen molar-refractivity contribution in [2.75, 3.05) is 7.05 Å². The number of hydrogen-bond donors (Lipinski definition) is 2. The standard InChI is InChI=1S/C11H10ClN3O2/c1-13-11-14-9(16)8(10(17)15-11)6-4-2-3-5-7(6)12/h2-5,8H,1H3,(H2,13,14,15,16,17). The molecular weight excluding hydrogens is 242 g/mol. The van der Waals surface area contributed by atoms with Crippen LogP contribution in [0, 0.1) is 0 Å². The van der Waals surface area contributed by atoms with E-state index in [1.54, 1.807) is 24.3 Å².